The van der Waals surface area contributed by atoms with E-state index in [1.807, 2.05) is 28.8 Å². The van der Waals surface area contributed by atoms with Crippen molar-refractivity contribution in [2.24, 2.45) is 0 Å². The molecule has 0 radical (unpaired) electrons. The molecule has 0 bridgehead atoms. The number of nitrogens with zero attached hydrogens (tertiary/aromatic N) is 5. The molecule has 3 aromatic rings. The van der Waals surface area contributed by atoms with Gasteiger partial charge in [0.05, 0.1) is 17.1 Å². The van der Waals surface area contributed by atoms with Crippen LogP contribution in [0.5, 0.6) is 0 Å². The normalized spacial score (nSPS) is 18.0. The van der Waals surface area contributed by atoms with E-state index in [0.717, 1.165) is 30.0 Å². The number of hydrogen-bond acceptors (Lipinski definition) is 6. The van der Waals surface area contributed by atoms with E-state index in [2.05, 4.69) is 20.4 Å². The van der Waals surface area contributed by atoms with E-state index in [1.165, 1.54) is 0 Å². The van der Waals surface area contributed by atoms with E-state index in [4.69, 9.17) is 4.52 Å². The number of likely N-dealkylation sites (N-methyl/N-ethyl adjacent to an activating group) is 1. The lowest BCUT2D eigenvalue weighted by Crippen LogP contribution is -2.36. The molecule has 1 fully saturated rings. The number of anilines is 1. The molecule has 132 valence electrons. The summed E-state index contributed by atoms with van der Waals surface area (Å²) in [4.78, 5) is 23.4. The standard InChI is InChI=1S/C18H18N6O2/c1-23(2)18(25)14-15-13(17-21-16(22-26-17)10-7-8-10)19-9-24(15)12-6-4-3-5-11(12)20-14/h3-6,9-10,14,20H,7-8H2,1-2H3. The van der Waals surface area contributed by atoms with E-state index in [0.29, 0.717) is 23.2 Å². The molecule has 8 heteroatoms. The van der Waals surface area contributed by atoms with Crippen LogP contribution in [-0.2, 0) is 4.79 Å². The average molecular weight is 350 g/mol. The highest BCUT2D eigenvalue weighted by Gasteiger charge is 2.36. The highest BCUT2D eigenvalue weighted by molar-refractivity contribution is 5.89. The first-order chi connectivity index (χ1) is 12.6. The highest BCUT2D eigenvalue weighted by atomic mass is 16.5. The number of amides is 1. The zero-order valence-electron chi connectivity index (χ0n) is 14.5. The molecule has 1 aromatic carbocycles. The Hall–Kier alpha value is -3.16. The largest absolute Gasteiger partial charge is 0.367 e. The maximum absolute atomic E-state index is 12.8. The minimum Gasteiger partial charge on any atom is -0.367 e. The van der Waals surface area contributed by atoms with Gasteiger partial charge in [0.2, 0.25) is 0 Å². The molecule has 2 aliphatic rings. The van der Waals surface area contributed by atoms with E-state index in [-0.39, 0.29) is 5.91 Å². The number of hydrogen-bond donors (Lipinski definition) is 1. The van der Waals surface area contributed by atoms with Crippen molar-refractivity contribution in [1.29, 1.82) is 0 Å². The molecular formula is C18H18N6O2. The van der Waals surface area contributed by atoms with E-state index < -0.39 is 6.04 Å². The first kappa shape index (κ1) is 15.1. The van der Waals surface area contributed by atoms with Gasteiger partial charge in [0, 0.05) is 20.0 Å². The molecule has 1 unspecified atom stereocenters. The number of nitrogens with one attached hydrogen (secondary N) is 1. The molecule has 5 rings (SSSR count). The summed E-state index contributed by atoms with van der Waals surface area (Å²) in [5.41, 5.74) is 3.08. The lowest BCUT2D eigenvalue weighted by atomic mass is 10.1. The number of fused-ring (bicyclic) bond motifs is 3. The van der Waals surface area contributed by atoms with E-state index >= 15 is 0 Å². The quantitative estimate of drug-likeness (QED) is 0.780. The minimum atomic E-state index is -0.575. The molecule has 2 aromatic heterocycles. The Morgan fingerprint density at radius 3 is 2.88 bits per heavy atom. The Morgan fingerprint density at radius 2 is 2.12 bits per heavy atom. The van der Waals surface area contributed by atoms with Crippen LogP contribution in [0.2, 0.25) is 0 Å². The van der Waals surface area contributed by atoms with Gasteiger partial charge in [0.15, 0.2) is 11.5 Å². The fraction of sp³-hybridized carbons (Fsp3) is 0.333. The second-order valence-corrected chi connectivity index (χ2v) is 6.91. The number of imidazole rings is 1. The van der Waals surface area contributed by atoms with Crippen LogP contribution in [0.3, 0.4) is 0 Å². The van der Waals surface area contributed by atoms with Crippen LogP contribution in [0.25, 0.3) is 17.3 Å². The van der Waals surface area contributed by atoms with Crippen molar-refractivity contribution in [2.45, 2.75) is 24.8 Å². The number of aromatic nitrogens is 4. The molecule has 1 amide bonds. The Kier molecular flexibility index (Phi) is 3.15. The van der Waals surface area contributed by atoms with Crippen LogP contribution in [0.4, 0.5) is 5.69 Å². The first-order valence-corrected chi connectivity index (χ1v) is 8.62. The number of benzene rings is 1. The van der Waals surface area contributed by atoms with E-state index in [1.54, 1.807) is 25.3 Å². The van der Waals surface area contributed by atoms with Crippen molar-refractivity contribution in [3.63, 3.8) is 0 Å². The number of para-hydroxylation sites is 2. The van der Waals surface area contributed by atoms with Crippen LogP contribution >= 0.6 is 0 Å². The van der Waals surface area contributed by atoms with Crippen molar-refractivity contribution < 1.29 is 9.32 Å². The van der Waals surface area contributed by atoms with Crippen LogP contribution in [0.1, 0.15) is 36.3 Å². The van der Waals surface area contributed by atoms with Crippen LogP contribution in [0, 0.1) is 0 Å². The Labute approximate surface area is 149 Å². The fourth-order valence-corrected chi connectivity index (χ4v) is 3.30. The summed E-state index contributed by atoms with van der Waals surface area (Å²) in [7, 11) is 3.48. The molecule has 3 heterocycles. The summed E-state index contributed by atoms with van der Waals surface area (Å²) in [6, 6.07) is 7.25. The average Bonchev–Trinajstić information content (AvgIpc) is 3.21. The summed E-state index contributed by atoms with van der Waals surface area (Å²) < 4.78 is 7.39. The summed E-state index contributed by atoms with van der Waals surface area (Å²) in [5, 5.41) is 7.41. The summed E-state index contributed by atoms with van der Waals surface area (Å²) in [5.74, 6) is 1.41. The lowest BCUT2D eigenvalue weighted by molar-refractivity contribution is -0.129. The number of rotatable bonds is 3. The van der Waals surface area contributed by atoms with Gasteiger partial charge in [0.1, 0.15) is 12.4 Å². The fourth-order valence-electron chi connectivity index (χ4n) is 3.30. The molecule has 1 aliphatic heterocycles. The lowest BCUT2D eigenvalue weighted by Gasteiger charge is -2.29. The van der Waals surface area contributed by atoms with Gasteiger partial charge in [-0.05, 0) is 25.0 Å². The molecule has 0 saturated heterocycles. The predicted molar refractivity (Wildman–Crippen MR) is 93.9 cm³/mol. The van der Waals surface area contributed by atoms with Crippen LogP contribution in [-0.4, -0.2) is 44.6 Å². The minimum absolute atomic E-state index is 0.0653. The monoisotopic (exact) mass is 350 g/mol. The maximum atomic E-state index is 12.8. The Balaban J connectivity index is 1.67. The Bertz CT molecular complexity index is 1000. The highest BCUT2D eigenvalue weighted by Crippen LogP contribution is 2.41. The zero-order chi connectivity index (χ0) is 17.8. The summed E-state index contributed by atoms with van der Waals surface area (Å²) >= 11 is 0. The van der Waals surface area contributed by atoms with E-state index in [9.17, 15) is 4.79 Å². The van der Waals surface area contributed by atoms with Crippen molar-refractivity contribution in [2.75, 3.05) is 19.4 Å². The van der Waals surface area contributed by atoms with Crippen molar-refractivity contribution in [3.8, 4) is 17.3 Å². The molecule has 1 N–H and O–H groups in total. The van der Waals surface area contributed by atoms with Gasteiger partial charge in [0.25, 0.3) is 11.8 Å². The number of carbonyl (C=O) groups excluding carboxylic acids is 1. The third-order valence-corrected chi connectivity index (χ3v) is 4.82. The molecular weight excluding hydrogens is 332 g/mol. The second kappa shape index (κ2) is 5.42. The van der Waals surface area contributed by atoms with Gasteiger partial charge in [-0.3, -0.25) is 9.36 Å². The van der Waals surface area contributed by atoms with Gasteiger partial charge < -0.3 is 14.7 Å². The molecule has 26 heavy (non-hydrogen) atoms. The second-order valence-electron chi connectivity index (χ2n) is 6.91. The van der Waals surface area contributed by atoms with Gasteiger partial charge in [-0.25, -0.2) is 4.98 Å². The van der Waals surface area contributed by atoms with Crippen molar-refractivity contribution in [1.82, 2.24) is 24.6 Å². The maximum Gasteiger partial charge on any atom is 0.278 e. The van der Waals surface area contributed by atoms with Gasteiger partial charge in [-0.1, -0.05) is 17.3 Å². The number of carbonyl (C=O) groups is 1. The van der Waals surface area contributed by atoms with Gasteiger partial charge in [-0.2, -0.15) is 4.98 Å². The van der Waals surface area contributed by atoms with Crippen LogP contribution in [0.15, 0.2) is 35.1 Å². The molecule has 0 spiro atoms. The van der Waals surface area contributed by atoms with Crippen LogP contribution < -0.4 is 5.32 Å². The Morgan fingerprint density at radius 1 is 1.31 bits per heavy atom. The predicted octanol–water partition coefficient (Wildman–Crippen LogP) is 2.35. The first-order valence-electron chi connectivity index (χ1n) is 8.62. The smallest absolute Gasteiger partial charge is 0.278 e. The molecule has 1 atom stereocenters. The summed E-state index contributed by atoms with van der Waals surface area (Å²) in [6.07, 6.45) is 3.90. The third-order valence-electron chi connectivity index (χ3n) is 4.82. The van der Waals surface area contributed by atoms with Gasteiger partial charge in [-0.15, -0.1) is 0 Å². The molecule has 8 nitrogen and oxygen atoms in total. The summed E-state index contributed by atoms with van der Waals surface area (Å²) in [6.45, 7) is 0. The zero-order valence-corrected chi connectivity index (χ0v) is 14.5. The third kappa shape index (κ3) is 2.22. The van der Waals surface area contributed by atoms with Crippen molar-refractivity contribution in [3.05, 3.63) is 42.1 Å². The molecule has 1 aliphatic carbocycles. The topological polar surface area (TPSA) is 89.1 Å². The van der Waals surface area contributed by atoms with Crippen molar-refractivity contribution >= 4 is 11.6 Å². The molecule has 1 saturated carbocycles. The van der Waals surface area contributed by atoms with Gasteiger partial charge >= 0.3 is 0 Å². The SMILES string of the molecule is CN(C)C(=O)C1Nc2ccccc2-n2cnc(-c3nc(C4CC4)no3)c21.